The molecule has 1 saturated carbocycles. The number of carbonyl (C=O) groups is 1. The maximum Gasteiger partial charge on any atom is 0.252 e. The summed E-state index contributed by atoms with van der Waals surface area (Å²) < 4.78 is 5.88. The van der Waals surface area contributed by atoms with Gasteiger partial charge in [-0.15, -0.1) is 0 Å². The average molecular weight is 248 g/mol. The van der Waals surface area contributed by atoms with E-state index in [9.17, 15) is 4.79 Å². The summed E-state index contributed by atoms with van der Waals surface area (Å²) in [6.45, 7) is 6.28. The zero-order valence-corrected chi connectivity index (χ0v) is 11.4. The number of rotatable bonds is 3. The maximum atomic E-state index is 11.6. The first-order valence-corrected chi connectivity index (χ1v) is 6.31. The van der Waals surface area contributed by atoms with Crippen LogP contribution < -0.4 is 10.1 Å². The van der Waals surface area contributed by atoms with Gasteiger partial charge in [-0.3, -0.25) is 9.78 Å². The third-order valence-electron chi connectivity index (χ3n) is 2.87. The lowest BCUT2D eigenvalue weighted by molar-refractivity contribution is 0.0962. The van der Waals surface area contributed by atoms with E-state index in [1.54, 1.807) is 19.3 Å². The van der Waals surface area contributed by atoms with E-state index in [2.05, 4.69) is 31.1 Å². The molecule has 0 saturated heterocycles. The summed E-state index contributed by atoms with van der Waals surface area (Å²) >= 11 is 0. The van der Waals surface area contributed by atoms with E-state index in [0.717, 1.165) is 24.3 Å². The second-order valence-electron chi connectivity index (χ2n) is 5.72. The lowest BCUT2D eigenvalue weighted by Gasteiger charge is -2.21. The first-order chi connectivity index (χ1) is 8.41. The SMILES string of the molecule is CNC(=O)c1cnc(C(C)(C)C)c(OC2CC2)c1. The third-order valence-corrected chi connectivity index (χ3v) is 2.87. The van der Waals surface area contributed by atoms with Crippen LogP contribution in [0.5, 0.6) is 5.75 Å². The Morgan fingerprint density at radius 3 is 2.61 bits per heavy atom. The minimum Gasteiger partial charge on any atom is -0.488 e. The van der Waals surface area contributed by atoms with Crippen molar-refractivity contribution in [3.05, 3.63) is 23.5 Å². The van der Waals surface area contributed by atoms with E-state index in [4.69, 9.17) is 4.74 Å². The summed E-state index contributed by atoms with van der Waals surface area (Å²) in [7, 11) is 1.61. The highest BCUT2D eigenvalue weighted by molar-refractivity contribution is 5.94. The molecule has 4 heteroatoms. The summed E-state index contributed by atoms with van der Waals surface area (Å²) in [4.78, 5) is 16.0. The number of carbonyl (C=O) groups excluding carboxylic acids is 1. The van der Waals surface area contributed by atoms with Gasteiger partial charge in [0, 0.05) is 18.7 Å². The minimum atomic E-state index is -0.136. The molecule has 1 aromatic rings. The Hall–Kier alpha value is -1.58. The second kappa shape index (κ2) is 4.59. The van der Waals surface area contributed by atoms with Crippen LogP contribution in [0.2, 0.25) is 0 Å². The first kappa shape index (κ1) is 12.9. The molecule has 1 aromatic heterocycles. The molecule has 1 aliphatic carbocycles. The van der Waals surface area contributed by atoms with Gasteiger partial charge in [-0.1, -0.05) is 20.8 Å². The van der Waals surface area contributed by atoms with E-state index >= 15 is 0 Å². The van der Waals surface area contributed by atoms with Gasteiger partial charge >= 0.3 is 0 Å². The molecule has 98 valence electrons. The highest BCUT2D eigenvalue weighted by atomic mass is 16.5. The molecule has 1 fully saturated rings. The summed E-state index contributed by atoms with van der Waals surface area (Å²) in [5, 5.41) is 2.60. The van der Waals surface area contributed by atoms with Crippen molar-refractivity contribution in [2.45, 2.75) is 45.1 Å². The number of ether oxygens (including phenoxy) is 1. The highest BCUT2D eigenvalue weighted by Crippen LogP contribution is 2.34. The van der Waals surface area contributed by atoms with Gasteiger partial charge in [0.05, 0.1) is 17.4 Å². The molecule has 0 bridgehead atoms. The largest absolute Gasteiger partial charge is 0.488 e. The number of aromatic nitrogens is 1. The van der Waals surface area contributed by atoms with Crippen molar-refractivity contribution in [3.63, 3.8) is 0 Å². The molecule has 2 rings (SSSR count). The number of hydrogen-bond acceptors (Lipinski definition) is 3. The topological polar surface area (TPSA) is 51.2 Å². The van der Waals surface area contributed by atoms with Crippen molar-refractivity contribution in [2.24, 2.45) is 0 Å². The van der Waals surface area contributed by atoms with Gasteiger partial charge in [-0.05, 0) is 18.9 Å². The zero-order chi connectivity index (χ0) is 13.3. The van der Waals surface area contributed by atoms with E-state index in [-0.39, 0.29) is 11.3 Å². The lowest BCUT2D eigenvalue weighted by Crippen LogP contribution is -2.21. The van der Waals surface area contributed by atoms with Crippen LogP contribution >= 0.6 is 0 Å². The van der Waals surface area contributed by atoms with Gasteiger partial charge in [0.15, 0.2) is 0 Å². The van der Waals surface area contributed by atoms with Crippen LogP contribution in [0, 0.1) is 0 Å². The molecule has 18 heavy (non-hydrogen) atoms. The number of amides is 1. The predicted octanol–water partition coefficient (Wildman–Crippen LogP) is 2.28. The van der Waals surface area contributed by atoms with Crippen LogP contribution in [0.15, 0.2) is 12.3 Å². The number of pyridine rings is 1. The Bertz CT molecular complexity index is 459. The smallest absolute Gasteiger partial charge is 0.252 e. The Morgan fingerprint density at radius 2 is 2.11 bits per heavy atom. The molecule has 0 spiro atoms. The van der Waals surface area contributed by atoms with E-state index in [0.29, 0.717) is 11.7 Å². The third kappa shape index (κ3) is 2.81. The molecular formula is C14H20N2O2. The van der Waals surface area contributed by atoms with Crippen LogP contribution in [0.25, 0.3) is 0 Å². The summed E-state index contributed by atoms with van der Waals surface area (Å²) in [6, 6.07) is 1.80. The Kier molecular flexibility index (Phi) is 3.28. The molecule has 1 amide bonds. The van der Waals surface area contributed by atoms with Crippen LogP contribution in [-0.4, -0.2) is 24.0 Å². The Morgan fingerprint density at radius 1 is 1.44 bits per heavy atom. The lowest BCUT2D eigenvalue weighted by atomic mass is 9.90. The zero-order valence-electron chi connectivity index (χ0n) is 11.4. The van der Waals surface area contributed by atoms with Gasteiger partial charge in [0.2, 0.25) is 0 Å². The second-order valence-corrected chi connectivity index (χ2v) is 5.72. The van der Waals surface area contributed by atoms with Crippen molar-refractivity contribution in [1.82, 2.24) is 10.3 Å². The van der Waals surface area contributed by atoms with Gasteiger partial charge < -0.3 is 10.1 Å². The number of nitrogens with one attached hydrogen (secondary N) is 1. The summed E-state index contributed by atoms with van der Waals surface area (Å²) in [6.07, 6.45) is 4.09. The molecule has 4 nitrogen and oxygen atoms in total. The molecule has 0 atom stereocenters. The van der Waals surface area contributed by atoms with Crippen LogP contribution in [0.4, 0.5) is 0 Å². The predicted molar refractivity (Wildman–Crippen MR) is 70.0 cm³/mol. The van der Waals surface area contributed by atoms with Crippen LogP contribution in [0.3, 0.4) is 0 Å². The first-order valence-electron chi connectivity index (χ1n) is 6.31. The highest BCUT2D eigenvalue weighted by Gasteiger charge is 2.28. The Labute approximate surface area is 108 Å². The summed E-state index contributed by atoms with van der Waals surface area (Å²) in [5.41, 5.74) is 1.36. The van der Waals surface area contributed by atoms with E-state index < -0.39 is 0 Å². The molecular weight excluding hydrogens is 228 g/mol. The van der Waals surface area contributed by atoms with Crippen molar-refractivity contribution < 1.29 is 9.53 Å². The molecule has 0 unspecified atom stereocenters. The maximum absolute atomic E-state index is 11.6. The average Bonchev–Trinajstić information content (AvgIpc) is 3.10. The fourth-order valence-corrected chi connectivity index (χ4v) is 1.73. The van der Waals surface area contributed by atoms with E-state index in [1.807, 2.05) is 0 Å². The Balaban J connectivity index is 2.37. The van der Waals surface area contributed by atoms with Crippen molar-refractivity contribution in [1.29, 1.82) is 0 Å². The molecule has 0 radical (unpaired) electrons. The normalized spacial score (nSPS) is 15.3. The van der Waals surface area contributed by atoms with Crippen LogP contribution in [0.1, 0.15) is 49.7 Å². The molecule has 0 aromatic carbocycles. The van der Waals surface area contributed by atoms with Crippen LogP contribution in [-0.2, 0) is 5.41 Å². The van der Waals surface area contributed by atoms with Crippen molar-refractivity contribution in [3.8, 4) is 5.75 Å². The molecule has 1 heterocycles. The van der Waals surface area contributed by atoms with Crippen molar-refractivity contribution in [2.75, 3.05) is 7.05 Å². The van der Waals surface area contributed by atoms with Gasteiger partial charge in [-0.2, -0.15) is 0 Å². The molecule has 0 aliphatic heterocycles. The number of nitrogens with zero attached hydrogens (tertiary/aromatic N) is 1. The monoisotopic (exact) mass is 248 g/mol. The summed E-state index contributed by atoms with van der Waals surface area (Å²) in [5.74, 6) is 0.606. The number of hydrogen-bond donors (Lipinski definition) is 1. The molecule has 1 N–H and O–H groups in total. The van der Waals surface area contributed by atoms with Crippen molar-refractivity contribution >= 4 is 5.91 Å². The fraction of sp³-hybridized carbons (Fsp3) is 0.571. The minimum absolute atomic E-state index is 0.0918. The van der Waals surface area contributed by atoms with Gasteiger partial charge in [0.25, 0.3) is 5.91 Å². The quantitative estimate of drug-likeness (QED) is 0.892. The van der Waals surface area contributed by atoms with E-state index in [1.165, 1.54) is 0 Å². The van der Waals surface area contributed by atoms with Gasteiger partial charge in [-0.25, -0.2) is 0 Å². The standard InChI is InChI=1S/C14H20N2O2/c1-14(2,3)12-11(18-10-5-6-10)7-9(8-16-12)13(17)15-4/h7-8,10H,5-6H2,1-4H3,(H,15,17). The fourth-order valence-electron chi connectivity index (χ4n) is 1.73. The molecule has 1 aliphatic rings. The van der Waals surface area contributed by atoms with Gasteiger partial charge in [0.1, 0.15) is 5.75 Å².